The number of nitrogens with two attached hydrogens (primary N) is 1. The van der Waals surface area contributed by atoms with Crippen LogP contribution >= 0.6 is 0 Å². The zero-order valence-electron chi connectivity index (χ0n) is 11.7. The largest absolute Gasteiger partial charge is 0.488 e. The van der Waals surface area contributed by atoms with E-state index in [4.69, 9.17) is 10.5 Å². The number of hydrogen-bond donors (Lipinski definition) is 2. The molecule has 0 amide bonds. The van der Waals surface area contributed by atoms with Crippen molar-refractivity contribution in [3.63, 3.8) is 0 Å². The number of aryl methyl sites for hydroxylation is 1. The molecule has 1 rings (SSSR count). The average Bonchev–Trinajstić information content (AvgIpc) is 2.43. The fourth-order valence-corrected chi connectivity index (χ4v) is 1.55. The molecule has 1 aromatic rings. The summed E-state index contributed by atoms with van der Waals surface area (Å²) in [5.74, 6) is 1.33. The Kier molecular flexibility index (Phi) is 6.50. The molecule has 0 aliphatic carbocycles. The van der Waals surface area contributed by atoms with E-state index in [-0.39, 0.29) is 6.10 Å². The number of nitrogens with one attached hydrogen (secondary N) is 1. The minimum absolute atomic E-state index is 0.0326. The van der Waals surface area contributed by atoms with Gasteiger partial charge in [-0.15, -0.1) is 6.58 Å². The van der Waals surface area contributed by atoms with Crippen LogP contribution in [0.4, 0.5) is 0 Å². The summed E-state index contributed by atoms with van der Waals surface area (Å²) >= 11 is 0. The van der Waals surface area contributed by atoms with Gasteiger partial charge in [-0.2, -0.15) is 0 Å². The molecular weight excluding hydrogens is 238 g/mol. The fourth-order valence-electron chi connectivity index (χ4n) is 1.55. The van der Waals surface area contributed by atoms with Gasteiger partial charge >= 0.3 is 0 Å². The third-order valence-electron chi connectivity index (χ3n) is 2.74. The van der Waals surface area contributed by atoms with Crippen LogP contribution in [0.5, 0.6) is 5.75 Å². The van der Waals surface area contributed by atoms with E-state index < -0.39 is 0 Å². The van der Waals surface area contributed by atoms with E-state index in [0.717, 1.165) is 17.7 Å². The van der Waals surface area contributed by atoms with Gasteiger partial charge in [0.15, 0.2) is 5.96 Å². The number of aliphatic imine (C=N–C) groups is 1. The van der Waals surface area contributed by atoms with Crippen molar-refractivity contribution in [3.05, 3.63) is 42.5 Å². The lowest BCUT2D eigenvalue weighted by Gasteiger charge is -2.17. The monoisotopic (exact) mass is 261 g/mol. The lowest BCUT2D eigenvalue weighted by Crippen LogP contribution is -2.33. The summed E-state index contributed by atoms with van der Waals surface area (Å²) < 4.78 is 5.94. The van der Waals surface area contributed by atoms with Crippen molar-refractivity contribution in [1.82, 2.24) is 5.32 Å². The number of hydrogen-bond acceptors (Lipinski definition) is 2. The summed E-state index contributed by atoms with van der Waals surface area (Å²) in [5.41, 5.74) is 6.85. The molecule has 0 fully saturated rings. The molecule has 0 aliphatic rings. The van der Waals surface area contributed by atoms with Crippen LogP contribution in [0.25, 0.3) is 0 Å². The zero-order valence-corrected chi connectivity index (χ0v) is 11.7. The van der Waals surface area contributed by atoms with Crippen LogP contribution in [0, 0.1) is 6.92 Å². The summed E-state index contributed by atoms with van der Waals surface area (Å²) in [7, 11) is 0. The second kappa shape index (κ2) is 8.19. The molecule has 0 heterocycles. The van der Waals surface area contributed by atoms with Crippen LogP contribution in [-0.2, 0) is 0 Å². The smallest absolute Gasteiger partial charge is 0.188 e. The molecule has 4 heteroatoms. The van der Waals surface area contributed by atoms with Crippen molar-refractivity contribution >= 4 is 5.96 Å². The summed E-state index contributed by atoms with van der Waals surface area (Å²) in [5, 5.41) is 2.94. The van der Waals surface area contributed by atoms with E-state index in [0.29, 0.717) is 19.0 Å². The second-order valence-corrected chi connectivity index (χ2v) is 4.31. The molecule has 0 bridgehead atoms. The van der Waals surface area contributed by atoms with Gasteiger partial charge in [0.25, 0.3) is 0 Å². The van der Waals surface area contributed by atoms with Crippen molar-refractivity contribution < 1.29 is 4.74 Å². The molecule has 19 heavy (non-hydrogen) atoms. The predicted molar refractivity (Wildman–Crippen MR) is 80.6 cm³/mol. The van der Waals surface area contributed by atoms with Crippen molar-refractivity contribution in [3.8, 4) is 5.75 Å². The van der Waals surface area contributed by atoms with Gasteiger partial charge in [0.1, 0.15) is 11.9 Å². The SMILES string of the molecule is C=CCNC(N)=NCC(CC)Oc1ccccc1C. The highest BCUT2D eigenvalue weighted by Gasteiger charge is 2.09. The minimum Gasteiger partial charge on any atom is -0.488 e. The first-order valence-corrected chi connectivity index (χ1v) is 6.54. The van der Waals surface area contributed by atoms with E-state index in [2.05, 4.69) is 23.8 Å². The maximum atomic E-state index is 5.94. The highest BCUT2D eigenvalue weighted by Crippen LogP contribution is 2.18. The van der Waals surface area contributed by atoms with Gasteiger partial charge in [-0.3, -0.25) is 0 Å². The minimum atomic E-state index is 0.0326. The first kappa shape index (κ1) is 15.1. The van der Waals surface area contributed by atoms with Crippen LogP contribution < -0.4 is 15.8 Å². The van der Waals surface area contributed by atoms with Gasteiger partial charge in [0.2, 0.25) is 0 Å². The van der Waals surface area contributed by atoms with Gasteiger partial charge in [0.05, 0.1) is 6.54 Å². The first-order chi connectivity index (χ1) is 9.17. The molecule has 0 spiro atoms. The Morgan fingerprint density at radius 3 is 2.89 bits per heavy atom. The lowest BCUT2D eigenvalue weighted by molar-refractivity contribution is 0.204. The topological polar surface area (TPSA) is 59.6 Å². The van der Waals surface area contributed by atoms with Gasteiger partial charge in [-0.05, 0) is 25.0 Å². The second-order valence-electron chi connectivity index (χ2n) is 4.31. The van der Waals surface area contributed by atoms with Crippen LogP contribution in [0.2, 0.25) is 0 Å². The Labute approximate surface area is 115 Å². The molecule has 3 N–H and O–H groups in total. The average molecular weight is 261 g/mol. The molecule has 4 nitrogen and oxygen atoms in total. The van der Waals surface area contributed by atoms with Gasteiger partial charge < -0.3 is 15.8 Å². The van der Waals surface area contributed by atoms with E-state index in [1.54, 1.807) is 6.08 Å². The molecule has 0 saturated carbocycles. The number of rotatable bonds is 7. The Morgan fingerprint density at radius 1 is 1.53 bits per heavy atom. The number of benzene rings is 1. The van der Waals surface area contributed by atoms with Crippen LogP contribution in [0.15, 0.2) is 41.9 Å². The molecule has 0 saturated heterocycles. The van der Waals surface area contributed by atoms with Crippen LogP contribution in [-0.4, -0.2) is 25.2 Å². The number of nitrogens with zero attached hydrogens (tertiary/aromatic N) is 1. The molecule has 1 atom stereocenters. The maximum Gasteiger partial charge on any atom is 0.188 e. The van der Waals surface area contributed by atoms with Crippen molar-refractivity contribution in [2.75, 3.05) is 13.1 Å². The molecule has 0 radical (unpaired) electrons. The molecule has 104 valence electrons. The Bertz CT molecular complexity index is 429. The maximum absolute atomic E-state index is 5.94. The summed E-state index contributed by atoms with van der Waals surface area (Å²) in [6.07, 6.45) is 2.65. The Hall–Kier alpha value is -1.97. The van der Waals surface area contributed by atoms with Crippen LogP contribution in [0.1, 0.15) is 18.9 Å². The molecule has 1 aromatic carbocycles. The highest BCUT2D eigenvalue weighted by atomic mass is 16.5. The third-order valence-corrected chi connectivity index (χ3v) is 2.74. The van der Waals surface area contributed by atoms with E-state index >= 15 is 0 Å². The summed E-state index contributed by atoms with van der Waals surface area (Å²) in [4.78, 5) is 4.27. The van der Waals surface area contributed by atoms with Crippen molar-refractivity contribution in [1.29, 1.82) is 0 Å². The summed E-state index contributed by atoms with van der Waals surface area (Å²) in [6, 6.07) is 7.98. The van der Waals surface area contributed by atoms with E-state index in [1.165, 1.54) is 0 Å². The molecule has 0 aliphatic heterocycles. The molecule has 1 unspecified atom stereocenters. The van der Waals surface area contributed by atoms with E-state index in [1.807, 2.05) is 31.2 Å². The predicted octanol–water partition coefficient (Wildman–Crippen LogP) is 2.24. The Morgan fingerprint density at radius 2 is 2.26 bits per heavy atom. The van der Waals surface area contributed by atoms with Gasteiger partial charge in [0, 0.05) is 6.54 Å². The van der Waals surface area contributed by atoms with Gasteiger partial charge in [-0.1, -0.05) is 31.2 Å². The van der Waals surface area contributed by atoms with Crippen LogP contribution in [0.3, 0.4) is 0 Å². The van der Waals surface area contributed by atoms with Crippen molar-refractivity contribution in [2.45, 2.75) is 26.4 Å². The number of guanidine groups is 1. The van der Waals surface area contributed by atoms with Crippen molar-refractivity contribution in [2.24, 2.45) is 10.7 Å². The number of ether oxygens (including phenoxy) is 1. The van der Waals surface area contributed by atoms with E-state index in [9.17, 15) is 0 Å². The normalized spacial score (nSPS) is 12.8. The quantitative estimate of drug-likeness (QED) is 0.449. The standard InChI is InChI=1S/C15H23N3O/c1-4-10-17-15(16)18-11-13(5-2)19-14-9-7-6-8-12(14)3/h4,6-9,13H,1,5,10-11H2,2-3H3,(H3,16,17,18). The Balaban J connectivity index is 2.55. The molecular formula is C15H23N3O. The highest BCUT2D eigenvalue weighted by molar-refractivity contribution is 5.77. The number of para-hydroxylation sites is 1. The molecule has 0 aromatic heterocycles. The third kappa shape index (κ3) is 5.46. The fraction of sp³-hybridized carbons (Fsp3) is 0.400. The summed E-state index contributed by atoms with van der Waals surface area (Å²) in [6.45, 7) is 8.88. The lowest BCUT2D eigenvalue weighted by atomic mass is 10.2. The first-order valence-electron chi connectivity index (χ1n) is 6.54. The van der Waals surface area contributed by atoms with Gasteiger partial charge in [-0.25, -0.2) is 4.99 Å². The zero-order chi connectivity index (χ0) is 14.1.